The molecule has 1 N–H and O–H groups in total. The minimum absolute atomic E-state index is 0.148. The molecule has 0 aromatic carbocycles. The molecule has 0 radical (unpaired) electrons. The maximum absolute atomic E-state index is 12.1. The van der Waals surface area contributed by atoms with Gasteiger partial charge in [-0.3, -0.25) is 4.79 Å². The molecule has 3 nitrogen and oxygen atoms in total. The Morgan fingerprint density at radius 1 is 1.35 bits per heavy atom. The molecular weight excluding hydrogens is 214 g/mol. The summed E-state index contributed by atoms with van der Waals surface area (Å²) in [6.45, 7) is 7.49. The normalized spacial score (nSPS) is 38.2. The Morgan fingerprint density at radius 2 is 2.06 bits per heavy atom. The molecule has 1 saturated heterocycles. The number of nitrogens with zero attached hydrogens (tertiary/aromatic N) is 1. The first-order valence-electron chi connectivity index (χ1n) is 6.87. The van der Waals surface area contributed by atoms with Gasteiger partial charge in [0.2, 0.25) is 5.91 Å². The van der Waals surface area contributed by atoms with Crippen molar-refractivity contribution in [2.45, 2.75) is 65.0 Å². The van der Waals surface area contributed by atoms with Crippen molar-refractivity contribution >= 4 is 5.91 Å². The summed E-state index contributed by atoms with van der Waals surface area (Å²) in [5.74, 6) is 0.811. The second-order valence-electron chi connectivity index (χ2n) is 6.62. The molecular formula is C14H25NO2. The van der Waals surface area contributed by atoms with Gasteiger partial charge in [-0.15, -0.1) is 0 Å². The lowest BCUT2D eigenvalue weighted by Gasteiger charge is -2.48. The van der Waals surface area contributed by atoms with Crippen molar-refractivity contribution in [3.63, 3.8) is 0 Å². The molecule has 0 aromatic heterocycles. The number of amides is 1. The van der Waals surface area contributed by atoms with E-state index in [1.54, 1.807) is 0 Å². The summed E-state index contributed by atoms with van der Waals surface area (Å²) in [6.07, 6.45) is 4.21. The molecule has 1 aliphatic carbocycles. The lowest BCUT2D eigenvalue weighted by Crippen LogP contribution is -2.54. The molecule has 0 bridgehead atoms. The SMILES string of the molecule is CC1CCN(C2CC(O)CCC2(C)C)C(=O)C1. The molecule has 17 heavy (non-hydrogen) atoms. The zero-order valence-electron chi connectivity index (χ0n) is 11.3. The number of piperidine rings is 1. The second-order valence-corrected chi connectivity index (χ2v) is 6.62. The Hall–Kier alpha value is -0.570. The molecule has 2 fully saturated rings. The molecule has 3 unspecified atom stereocenters. The van der Waals surface area contributed by atoms with Crippen molar-refractivity contribution in [1.82, 2.24) is 4.90 Å². The van der Waals surface area contributed by atoms with Crippen LogP contribution in [0.4, 0.5) is 0 Å². The third-order valence-electron chi connectivity index (χ3n) is 4.60. The number of hydrogen-bond donors (Lipinski definition) is 1. The number of likely N-dealkylation sites (tertiary alicyclic amines) is 1. The van der Waals surface area contributed by atoms with Crippen LogP contribution in [-0.4, -0.2) is 34.6 Å². The van der Waals surface area contributed by atoms with Crippen LogP contribution in [0.25, 0.3) is 0 Å². The van der Waals surface area contributed by atoms with Crippen molar-refractivity contribution in [3.05, 3.63) is 0 Å². The average Bonchev–Trinajstić information content (AvgIpc) is 2.23. The van der Waals surface area contributed by atoms with Gasteiger partial charge < -0.3 is 10.0 Å². The third kappa shape index (κ3) is 2.65. The first-order chi connectivity index (χ1) is 7.90. The Balaban J connectivity index is 2.11. The average molecular weight is 239 g/mol. The van der Waals surface area contributed by atoms with E-state index in [9.17, 15) is 9.90 Å². The Morgan fingerprint density at radius 3 is 2.71 bits per heavy atom. The fraction of sp³-hybridized carbons (Fsp3) is 0.929. The molecule has 1 heterocycles. The highest BCUT2D eigenvalue weighted by atomic mass is 16.3. The minimum atomic E-state index is -0.222. The molecule has 3 heteroatoms. The molecule has 3 atom stereocenters. The van der Waals surface area contributed by atoms with Gasteiger partial charge in [0.15, 0.2) is 0 Å². The van der Waals surface area contributed by atoms with Crippen LogP contribution in [-0.2, 0) is 4.79 Å². The van der Waals surface area contributed by atoms with E-state index in [1.807, 2.05) is 4.90 Å². The first-order valence-corrected chi connectivity index (χ1v) is 6.87. The van der Waals surface area contributed by atoms with E-state index < -0.39 is 0 Å². The van der Waals surface area contributed by atoms with Gasteiger partial charge in [-0.05, 0) is 37.0 Å². The van der Waals surface area contributed by atoms with E-state index in [4.69, 9.17) is 0 Å². The fourth-order valence-corrected chi connectivity index (χ4v) is 3.28. The standard InChI is InChI=1S/C14H25NO2/c1-10-5-7-15(13(17)8-10)12-9-11(16)4-6-14(12,2)3/h10-12,16H,4-9H2,1-3H3. The highest BCUT2D eigenvalue weighted by molar-refractivity contribution is 5.77. The van der Waals surface area contributed by atoms with E-state index >= 15 is 0 Å². The highest BCUT2D eigenvalue weighted by Crippen LogP contribution is 2.40. The lowest BCUT2D eigenvalue weighted by molar-refractivity contribution is -0.143. The third-order valence-corrected chi connectivity index (χ3v) is 4.60. The summed E-state index contributed by atoms with van der Waals surface area (Å²) in [7, 11) is 0. The van der Waals surface area contributed by atoms with Gasteiger partial charge in [0.1, 0.15) is 0 Å². The van der Waals surface area contributed by atoms with Crippen molar-refractivity contribution in [2.75, 3.05) is 6.54 Å². The van der Waals surface area contributed by atoms with Crippen LogP contribution in [0.3, 0.4) is 0 Å². The lowest BCUT2D eigenvalue weighted by atomic mass is 9.71. The monoisotopic (exact) mass is 239 g/mol. The second kappa shape index (κ2) is 4.60. The number of aliphatic hydroxyl groups is 1. The topological polar surface area (TPSA) is 40.5 Å². The van der Waals surface area contributed by atoms with Crippen LogP contribution in [0.15, 0.2) is 0 Å². The number of hydrogen-bond acceptors (Lipinski definition) is 2. The summed E-state index contributed by atoms with van der Waals surface area (Å²) in [4.78, 5) is 14.2. The Bertz CT molecular complexity index is 301. The quantitative estimate of drug-likeness (QED) is 0.762. The van der Waals surface area contributed by atoms with Gasteiger partial charge in [0.05, 0.1) is 6.10 Å². The Kier molecular flexibility index (Phi) is 3.48. The zero-order valence-corrected chi connectivity index (χ0v) is 11.3. The van der Waals surface area contributed by atoms with Crippen LogP contribution in [0.2, 0.25) is 0 Å². The summed E-state index contributed by atoms with van der Waals surface area (Å²) in [5, 5.41) is 9.84. The van der Waals surface area contributed by atoms with Gasteiger partial charge in [-0.1, -0.05) is 20.8 Å². The Labute approximate surface area is 104 Å². The fourth-order valence-electron chi connectivity index (χ4n) is 3.28. The van der Waals surface area contributed by atoms with E-state index in [0.717, 1.165) is 32.2 Å². The van der Waals surface area contributed by atoms with E-state index in [2.05, 4.69) is 20.8 Å². The molecule has 1 aliphatic heterocycles. The highest BCUT2D eigenvalue weighted by Gasteiger charge is 2.42. The molecule has 1 saturated carbocycles. The summed E-state index contributed by atoms with van der Waals surface area (Å²) in [6, 6.07) is 0.228. The number of carbonyl (C=O) groups excluding carboxylic acids is 1. The summed E-state index contributed by atoms with van der Waals surface area (Å²) >= 11 is 0. The van der Waals surface area contributed by atoms with Crippen molar-refractivity contribution in [1.29, 1.82) is 0 Å². The van der Waals surface area contributed by atoms with Crippen molar-refractivity contribution in [3.8, 4) is 0 Å². The van der Waals surface area contributed by atoms with Gasteiger partial charge in [-0.2, -0.15) is 0 Å². The maximum Gasteiger partial charge on any atom is 0.223 e. The van der Waals surface area contributed by atoms with Crippen molar-refractivity contribution < 1.29 is 9.90 Å². The summed E-state index contributed by atoms with van der Waals surface area (Å²) in [5.41, 5.74) is 0.148. The maximum atomic E-state index is 12.1. The van der Waals surface area contributed by atoms with Gasteiger partial charge >= 0.3 is 0 Å². The predicted molar refractivity (Wildman–Crippen MR) is 67.5 cm³/mol. The van der Waals surface area contributed by atoms with E-state index in [1.165, 1.54) is 0 Å². The largest absolute Gasteiger partial charge is 0.393 e. The smallest absolute Gasteiger partial charge is 0.223 e. The molecule has 0 spiro atoms. The van der Waals surface area contributed by atoms with Gasteiger partial charge in [0.25, 0.3) is 0 Å². The van der Waals surface area contributed by atoms with Crippen molar-refractivity contribution in [2.24, 2.45) is 11.3 Å². The summed E-state index contributed by atoms with van der Waals surface area (Å²) < 4.78 is 0. The van der Waals surface area contributed by atoms with Crippen LogP contribution < -0.4 is 0 Å². The first kappa shape index (κ1) is 12.9. The molecule has 2 rings (SSSR count). The van der Waals surface area contributed by atoms with Crippen LogP contribution >= 0.6 is 0 Å². The molecule has 2 aliphatic rings. The van der Waals surface area contributed by atoms with E-state index in [-0.39, 0.29) is 23.5 Å². The van der Waals surface area contributed by atoms with Crippen LogP contribution in [0.5, 0.6) is 0 Å². The number of aliphatic hydroxyl groups excluding tert-OH is 1. The van der Waals surface area contributed by atoms with E-state index in [0.29, 0.717) is 12.3 Å². The van der Waals surface area contributed by atoms with Crippen LogP contribution in [0.1, 0.15) is 52.9 Å². The number of rotatable bonds is 1. The van der Waals surface area contributed by atoms with Crippen LogP contribution in [0, 0.1) is 11.3 Å². The molecule has 0 aromatic rings. The minimum Gasteiger partial charge on any atom is -0.393 e. The number of carbonyl (C=O) groups is 1. The van der Waals surface area contributed by atoms with Gasteiger partial charge in [0, 0.05) is 19.0 Å². The molecule has 1 amide bonds. The van der Waals surface area contributed by atoms with Gasteiger partial charge in [-0.25, -0.2) is 0 Å². The molecule has 98 valence electrons. The zero-order chi connectivity index (χ0) is 12.6. The predicted octanol–water partition coefficient (Wildman–Crippen LogP) is 2.18.